The smallest absolute Gasteiger partial charge is 0.399 e. The van der Waals surface area contributed by atoms with Crippen LogP contribution >= 0.6 is 0 Å². The predicted molar refractivity (Wildman–Crippen MR) is 84.3 cm³/mol. The van der Waals surface area contributed by atoms with Gasteiger partial charge in [-0.3, -0.25) is 4.68 Å². The summed E-state index contributed by atoms with van der Waals surface area (Å²) in [6.07, 6.45) is 1.89. The molecule has 0 radical (unpaired) electrons. The van der Waals surface area contributed by atoms with Gasteiger partial charge in [-0.05, 0) is 52.0 Å². The fourth-order valence-corrected chi connectivity index (χ4v) is 2.48. The Labute approximate surface area is 130 Å². The van der Waals surface area contributed by atoms with E-state index in [2.05, 4.69) is 5.10 Å². The third-order valence-electron chi connectivity index (χ3n) is 4.48. The molecule has 4 nitrogen and oxygen atoms in total. The molecule has 1 aliphatic heterocycles. The molecule has 6 heteroatoms. The van der Waals surface area contributed by atoms with Crippen LogP contribution in [0.15, 0.2) is 30.5 Å². The lowest BCUT2D eigenvalue weighted by molar-refractivity contribution is 0.00578. The van der Waals surface area contributed by atoms with Gasteiger partial charge in [-0.15, -0.1) is 0 Å². The summed E-state index contributed by atoms with van der Waals surface area (Å²) >= 11 is 0. The molecule has 1 aromatic carbocycles. The Bertz CT molecular complexity index is 679. The van der Waals surface area contributed by atoms with Crippen molar-refractivity contribution in [2.24, 2.45) is 7.05 Å². The Morgan fingerprint density at radius 2 is 1.59 bits per heavy atom. The van der Waals surface area contributed by atoms with Crippen LogP contribution in [-0.2, 0) is 16.4 Å². The van der Waals surface area contributed by atoms with Crippen molar-refractivity contribution >= 4 is 12.6 Å². The second-order valence-corrected chi connectivity index (χ2v) is 6.70. The fourth-order valence-electron chi connectivity index (χ4n) is 2.48. The van der Waals surface area contributed by atoms with E-state index in [-0.39, 0.29) is 5.82 Å². The third kappa shape index (κ3) is 2.46. The highest BCUT2D eigenvalue weighted by Gasteiger charge is 2.52. The molecule has 1 aromatic heterocycles. The lowest BCUT2D eigenvalue weighted by Crippen LogP contribution is -2.41. The maximum Gasteiger partial charge on any atom is 0.498 e. The van der Waals surface area contributed by atoms with Gasteiger partial charge < -0.3 is 9.31 Å². The first-order valence-corrected chi connectivity index (χ1v) is 7.35. The molecule has 3 rings (SSSR count). The highest BCUT2D eigenvalue weighted by molar-refractivity contribution is 6.63. The van der Waals surface area contributed by atoms with Crippen molar-refractivity contribution in [3.63, 3.8) is 0 Å². The maximum atomic E-state index is 13.1. The zero-order valence-corrected chi connectivity index (χ0v) is 13.6. The summed E-state index contributed by atoms with van der Waals surface area (Å²) in [7, 11) is 1.36. The molecular weight excluding hydrogens is 282 g/mol. The maximum absolute atomic E-state index is 13.1. The molecule has 1 saturated heterocycles. The van der Waals surface area contributed by atoms with Crippen molar-refractivity contribution in [3.8, 4) is 11.3 Å². The summed E-state index contributed by atoms with van der Waals surface area (Å²) in [6.45, 7) is 8.06. The number of benzene rings is 1. The molecule has 2 heterocycles. The van der Waals surface area contributed by atoms with Gasteiger partial charge in [0.05, 0.1) is 16.9 Å². The highest BCUT2D eigenvalue weighted by atomic mass is 19.1. The zero-order chi connectivity index (χ0) is 16.1. The van der Waals surface area contributed by atoms with E-state index >= 15 is 0 Å². The first-order valence-electron chi connectivity index (χ1n) is 7.35. The van der Waals surface area contributed by atoms with Gasteiger partial charge >= 0.3 is 7.12 Å². The summed E-state index contributed by atoms with van der Waals surface area (Å²) in [4.78, 5) is 0. The number of hydrogen-bond acceptors (Lipinski definition) is 3. The number of aryl methyl sites for hydroxylation is 1. The number of nitrogens with zero attached hydrogens (tertiary/aromatic N) is 2. The summed E-state index contributed by atoms with van der Waals surface area (Å²) in [6, 6.07) is 6.29. The van der Waals surface area contributed by atoms with E-state index in [1.165, 1.54) is 12.1 Å². The number of rotatable bonds is 2. The second-order valence-electron chi connectivity index (χ2n) is 6.70. The Kier molecular flexibility index (Phi) is 3.42. The zero-order valence-electron chi connectivity index (χ0n) is 13.6. The highest BCUT2D eigenvalue weighted by Crippen LogP contribution is 2.37. The van der Waals surface area contributed by atoms with E-state index in [0.29, 0.717) is 0 Å². The summed E-state index contributed by atoms with van der Waals surface area (Å²) < 4.78 is 27.1. The van der Waals surface area contributed by atoms with Crippen LogP contribution in [0.3, 0.4) is 0 Å². The molecule has 1 fully saturated rings. The van der Waals surface area contributed by atoms with E-state index < -0.39 is 18.3 Å². The lowest BCUT2D eigenvalue weighted by Gasteiger charge is -2.32. The molecule has 0 unspecified atom stereocenters. The van der Waals surface area contributed by atoms with E-state index in [1.807, 2.05) is 40.9 Å². The lowest BCUT2D eigenvalue weighted by atomic mass is 9.78. The minimum absolute atomic E-state index is 0.267. The third-order valence-corrected chi connectivity index (χ3v) is 4.48. The Morgan fingerprint density at radius 3 is 2.14 bits per heavy atom. The van der Waals surface area contributed by atoms with Crippen molar-refractivity contribution in [2.75, 3.05) is 0 Å². The van der Waals surface area contributed by atoms with Crippen LogP contribution < -0.4 is 5.46 Å². The van der Waals surface area contributed by atoms with Gasteiger partial charge in [-0.2, -0.15) is 5.10 Å². The SMILES string of the molecule is Cn1cc(B2OC(C)(C)C(C)(C)O2)c(-c2ccc(F)cc2)n1. The van der Waals surface area contributed by atoms with Crippen LogP contribution in [0.2, 0.25) is 0 Å². The van der Waals surface area contributed by atoms with E-state index in [9.17, 15) is 4.39 Å². The van der Waals surface area contributed by atoms with Crippen molar-refractivity contribution in [1.82, 2.24) is 9.78 Å². The quantitative estimate of drug-likeness (QED) is 0.800. The van der Waals surface area contributed by atoms with Gasteiger partial charge in [0.2, 0.25) is 0 Å². The summed E-state index contributed by atoms with van der Waals surface area (Å²) in [5.74, 6) is -0.267. The van der Waals surface area contributed by atoms with Gasteiger partial charge in [0, 0.05) is 24.3 Å². The molecule has 0 bridgehead atoms. The topological polar surface area (TPSA) is 36.3 Å². The van der Waals surface area contributed by atoms with Crippen LogP contribution in [0.1, 0.15) is 27.7 Å². The molecule has 1 aliphatic rings. The largest absolute Gasteiger partial charge is 0.498 e. The van der Waals surface area contributed by atoms with Crippen molar-refractivity contribution in [3.05, 3.63) is 36.3 Å². The molecule has 0 aliphatic carbocycles. The summed E-state index contributed by atoms with van der Waals surface area (Å²) in [5, 5.41) is 4.48. The van der Waals surface area contributed by atoms with Crippen LogP contribution in [0.5, 0.6) is 0 Å². The normalized spacial score (nSPS) is 19.6. The van der Waals surface area contributed by atoms with Gasteiger partial charge in [0.25, 0.3) is 0 Å². The fraction of sp³-hybridized carbons (Fsp3) is 0.438. The molecular formula is C16H20BFN2O2. The molecule has 0 atom stereocenters. The standard InChI is InChI=1S/C16H20BFN2O2/c1-15(2)16(3,4)22-17(21-15)13-10-20(5)19-14(13)11-6-8-12(18)9-7-11/h6-10H,1-5H3. The van der Waals surface area contributed by atoms with Gasteiger partial charge in [-0.25, -0.2) is 4.39 Å². The first kappa shape index (κ1) is 15.2. The van der Waals surface area contributed by atoms with E-state index in [4.69, 9.17) is 9.31 Å². The van der Waals surface area contributed by atoms with Gasteiger partial charge in [0.1, 0.15) is 5.82 Å². The van der Waals surface area contributed by atoms with Crippen molar-refractivity contribution < 1.29 is 13.7 Å². The van der Waals surface area contributed by atoms with Crippen LogP contribution in [0.25, 0.3) is 11.3 Å². The molecule has 0 spiro atoms. The van der Waals surface area contributed by atoms with Crippen LogP contribution in [-0.4, -0.2) is 28.1 Å². The van der Waals surface area contributed by atoms with Gasteiger partial charge in [0.15, 0.2) is 0 Å². The van der Waals surface area contributed by atoms with Crippen molar-refractivity contribution in [2.45, 2.75) is 38.9 Å². The molecule has 116 valence electrons. The molecule has 0 amide bonds. The van der Waals surface area contributed by atoms with E-state index in [0.717, 1.165) is 16.7 Å². The van der Waals surface area contributed by atoms with E-state index in [1.54, 1.807) is 16.8 Å². The second kappa shape index (κ2) is 4.93. The molecule has 0 N–H and O–H groups in total. The molecule has 0 saturated carbocycles. The molecule has 2 aromatic rings. The van der Waals surface area contributed by atoms with Gasteiger partial charge in [-0.1, -0.05) is 0 Å². The number of hydrogen-bond donors (Lipinski definition) is 0. The van der Waals surface area contributed by atoms with Crippen LogP contribution in [0.4, 0.5) is 4.39 Å². The number of halogens is 1. The predicted octanol–water partition coefficient (Wildman–Crippen LogP) is 2.53. The number of aromatic nitrogens is 2. The average molecular weight is 302 g/mol. The first-order chi connectivity index (χ1) is 10.2. The Balaban J connectivity index is 2.01. The Morgan fingerprint density at radius 1 is 1.05 bits per heavy atom. The summed E-state index contributed by atoms with van der Waals surface area (Å²) in [5.41, 5.74) is 1.63. The minimum Gasteiger partial charge on any atom is -0.399 e. The Hall–Kier alpha value is -1.66. The minimum atomic E-state index is -0.487. The van der Waals surface area contributed by atoms with Crippen molar-refractivity contribution in [1.29, 1.82) is 0 Å². The van der Waals surface area contributed by atoms with Crippen LogP contribution in [0, 0.1) is 5.82 Å². The average Bonchev–Trinajstić information content (AvgIpc) is 2.89. The molecule has 22 heavy (non-hydrogen) atoms. The monoisotopic (exact) mass is 302 g/mol.